The third kappa shape index (κ3) is 1.82. The molecule has 0 saturated carbocycles. The van der Waals surface area contributed by atoms with E-state index in [2.05, 4.69) is 15.9 Å². The van der Waals surface area contributed by atoms with E-state index in [0.29, 0.717) is 0 Å². The van der Waals surface area contributed by atoms with Crippen LogP contribution in [0.3, 0.4) is 0 Å². The standard InChI is InChI=1S/C7H4BrF2NO2/c8-3-4-6(11(12)13)2-1-5(9)7(4)10/h1-2H,3H2. The predicted molar refractivity (Wildman–Crippen MR) is 45.6 cm³/mol. The fourth-order valence-corrected chi connectivity index (χ4v) is 1.41. The van der Waals surface area contributed by atoms with Crippen molar-refractivity contribution in [2.24, 2.45) is 0 Å². The van der Waals surface area contributed by atoms with Crippen LogP contribution in [0.4, 0.5) is 14.5 Å². The number of alkyl halides is 1. The SMILES string of the molecule is O=[N+]([O-])c1ccc(F)c(F)c1CBr. The Hall–Kier alpha value is -1.04. The maximum atomic E-state index is 12.9. The van der Waals surface area contributed by atoms with E-state index >= 15 is 0 Å². The highest BCUT2D eigenvalue weighted by Crippen LogP contribution is 2.25. The fourth-order valence-electron chi connectivity index (χ4n) is 0.881. The molecule has 0 saturated heterocycles. The number of nitro groups is 1. The Labute approximate surface area is 80.6 Å². The number of rotatable bonds is 2. The Morgan fingerprint density at radius 2 is 2.08 bits per heavy atom. The monoisotopic (exact) mass is 251 g/mol. The van der Waals surface area contributed by atoms with Crippen molar-refractivity contribution in [3.8, 4) is 0 Å². The van der Waals surface area contributed by atoms with Gasteiger partial charge in [0, 0.05) is 11.4 Å². The van der Waals surface area contributed by atoms with Gasteiger partial charge in [-0.05, 0) is 6.07 Å². The second-order valence-electron chi connectivity index (χ2n) is 2.25. The zero-order valence-electron chi connectivity index (χ0n) is 6.26. The molecule has 0 spiro atoms. The Bertz CT molecular complexity index is 357. The van der Waals surface area contributed by atoms with Crippen LogP contribution in [0.5, 0.6) is 0 Å². The average Bonchev–Trinajstić information content (AvgIpc) is 2.09. The quantitative estimate of drug-likeness (QED) is 0.461. The maximum Gasteiger partial charge on any atom is 0.276 e. The molecule has 0 amide bonds. The van der Waals surface area contributed by atoms with Crippen LogP contribution in [0.15, 0.2) is 12.1 Å². The molecule has 0 aliphatic heterocycles. The maximum absolute atomic E-state index is 12.9. The first-order valence-corrected chi connectivity index (χ1v) is 4.37. The first-order chi connectivity index (χ1) is 6.07. The summed E-state index contributed by atoms with van der Waals surface area (Å²) in [5.41, 5.74) is -0.694. The Balaban J connectivity index is 3.38. The van der Waals surface area contributed by atoms with Crippen molar-refractivity contribution in [1.29, 1.82) is 0 Å². The molecule has 0 atom stereocenters. The lowest BCUT2D eigenvalue weighted by atomic mass is 10.2. The molecule has 3 nitrogen and oxygen atoms in total. The summed E-state index contributed by atoms with van der Waals surface area (Å²) in [6.45, 7) is 0. The lowest BCUT2D eigenvalue weighted by molar-refractivity contribution is -0.385. The minimum absolute atomic E-state index is 0.0904. The van der Waals surface area contributed by atoms with Crippen LogP contribution < -0.4 is 0 Å². The first kappa shape index (κ1) is 10.0. The van der Waals surface area contributed by atoms with Gasteiger partial charge in [-0.1, -0.05) is 15.9 Å². The highest BCUT2D eigenvalue weighted by atomic mass is 79.9. The van der Waals surface area contributed by atoms with Crippen LogP contribution in [-0.2, 0) is 5.33 Å². The smallest absolute Gasteiger partial charge is 0.258 e. The van der Waals surface area contributed by atoms with E-state index in [0.717, 1.165) is 12.1 Å². The van der Waals surface area contributed by atoms with Gasteiger partial charge in [0.1, 0.15) is 0 Å². The van der Waals surface area contributed by atoms with Gasteiger partial charge in [0.2, 0.25) is 0 Å². The second-order valence-corrected chi connectivity index (χ2v) is 2.81. The molecule has 1 rings (SSSR count). The van der Waals surface area contributed by atoms with Crippen LogP contribution in [0.25, 0.3) is 0 Å². The van der Waals surface area contributed by atoms with E-state index in [1.54, 1.807) is 0 Å². The van der Waals surface area contributed by atoms with Gasteiger partial charge < -0.3 is 0 Å². The summed E-state index contributed by atoms with van der Waals surface area (Å²) >= 11 is 2.85. The molecule has 0 radical (unpaired) electrons. The minimum Gasteiger partial charge on any atom is -0.258 e. The molecule has 6 heteroatoms. The summed E-state index contributed by atoms with van der Waals surface area (Å²) in [5, 5.41) is 10.2. The molecule has 1 aromatic rings. The van der Waals surface area contributed by atoms with Gasteiger partial charge in [0.25, 0.3) is 5.69 Å². The van der Waals surface area contributed by atoms with Crippen LogP contribution in [0.2, 0.25) is 0 Å². The van der Waals surface area contributed by atoms with Gasteiger partial charge in [0.15, 0.2) is 11.6 Å². The second kappa shape index (κ2) is 3.78. The number of hydrogen-bond donors (Lipinski definition) is 0. The summed E-state index contributed by atoms with van der Waals surface area (Å²) < 4.78 is 25.5. The van der Waals surface area contributed by atoms with E-state index in [-0.39, 0.29) is 10.9 Å². The van der Waals surface area contributed by atoms with E-state index in [1.165, 1.54) is 0 Å². The summed E-state index contributed by atoms with van der Waals surface area (Å²) in [4.78, 5) is 9.59. The van der Waals surface area contributed by atoms with Gasteiger partial charge in [-0.3, -0.25) is 10.1 Å². The zero-order valence-corrected chi connectivity index (χ0v) is 7.85. The Morgan fingerprint density at radius 3 is 2.54 bits per heavy atom. The van der Waals surface area contributed by atoms with Crippen molar-refractivity contribution in [3.05, 3.63) is 39.4 Å². The Kier molecular flexibility index (Phi) is 2.92. The average molecular weight is 252 g/mol. The topological polar surface area (TPSA) is 43.1 Å². The molecule has 0 aromatic heterocycles. The largest absolute Gasteiger partial charge is 0.276 e. The number of halogens is 3. The van der Waals surface area contributed by atoms with Gasteiger partial charge in [-0.25, -0.2) is 8.78 Å². The van der Waals surface area contributed by atoms with Gasteiger partial charge in [0.05, 0.1) is 10.5 Å². The lowest BCUT2D eigenvalue weighted by Crippen LogP contribution is -1.98. The molecule has 0 aliphatic rings. The van der Waals surface area contributed by atoms with Crippen LogP contribution in [0, 0.1) is 21.7 Å². The van der Waals surface area contributed by atoms with Crippen molar-refractivity contribution >= 4 is 21.6 Å². The summed E-state index contributed by atoms with van der Waals surface area (Å²) in [6.07, 6.45) is 0. The van der Waals surface area contributed by atoms with Crippen LogP contribution in [0.1, 0.15) is 5.56 Å². The summed E-state index contributed by atoms with van der Waals surface area (Å²) in [7, 11) is 0. The molecular formula is C7H4BrF2NO2. The van der Waals surface area contributed by atoms with Gasteiger partial charge >= 0.3 is 0 Å². The molecule has 0 unspecified atom stereocenters. The van der Waals surface area contributed by atoms with Gasteiger partial charge in [-0.15, -0.1) is 0 Å². The molecule has 0 aliphatic carbocycles. The lowest BCUT2D eigenvalue weighted by Gasteiger charge is -2.00. The van der Waals surface area contributed by atoms with Crippen molar-refractivity contribution in [2.75, 3.05) is 0 Å². The number of nitrogens with zero attached hydrogens (tertiary/aromatic N) is 1. The summed E-state index contributed by atoms with van der Waals surface area (Å²) in [5.74, 6) is -2.26. The van der Waals surface area contributed by atoms with Crippen molar-refractivity contribution in [2.45, 2.75) is 5.33 Å². The molecule has 70 valence electrons. The molecule has 0 heterocycles. The van der Waals surface area contributed by atoms with Crippen molar-refractivity contribution in [3.63, 3.8) is 0 Å². The molecule has 1 aromatic carbocycles. The van der Waals surface area contributed by atoms with Gasteiger partial charge in [-0.2, -0.15) is 0 Å². The van der Waals surface area contributed by atoms with E-state index in [4.69, 9.17) is 0 Å². The highest BCUT2D eigenvalue weighted by Gasteiger charge is 2.19. The molecule has 13 heavy (non-hydrogen) atoms. The van der Waals surface area contributed by atoms with E-state index in [1.807, 2.05) is 0 Å². The number of nitro benzene ring substituents is 1. The molecular weight excluding hydrogens is 248 g/mol. The van der Waals surface area contributed by atoms with Crippen LogP contribution in [-0.4, -0.2) is 4.92 Å². The van der Waals surface area contributed by atoms with Crippen molar-refractivity contribution < 1.29 is 13.7 Å². The molecule has 0 bridgehead atoms. The molecule has 0 N–H and O–H groups in total. The third-order valence-electron chi connectivity index (χ3n) is 1.50. The minimum atomic E-state index is -1.17. The van der Waals surface area contributed by atoms with Crippen LogP contribution >= 0.6 is 15.9 Å². The first-order valence-electron chi connectivity index (χ1n) is 3.25. The number of benzene rings is 1. The highest BCUT2D eigenvalue weighted by molar-refractivity contribution is 9.08. The predicted octanol–water partition coefficient (Wildman–Crippen LogP) is 2.77. The fraction of sp³-hybridized carbons (Fsp3) is 0.143. The van der Waals surface area contributed by atoms with Crippen molar-refractivity contribution in [1.82, 2.24) is 0 Å². The normalized spacial score (nSPS) is 10.1. The van der Waals surface area contributed by atoms with E-state index in [9.17, 15) is 18.9 Å². The summed E-state index contributed by atoms with van der Waals surface area (Å²) in [6, 6.07) is 1.68. The third-order valence-corrected chi connectivity index (χ3v) is 2.06. The Morgan fingerprint density at radius 1 is 1.46 bits per heavy atom. The number of hydrogen-bond acceptors (Lipinski definition) is 2. The zero-order chi connectivity index (χ0) is 10.0. The molecule has 0 fully saturated rings. The van der Waals surface area contributed by atoms with E-state index < -0.39 is 22.2 Å².